The Balaban J connectivity index is 2.23. The number of ether oxygens (including phenoxy) is 2. The minimum atomic E-state index is -0.547. The molecule has 0 aromatic heterocycles. The Hall–Kier alpha value is -2.15. The molecule has 0 radical (unpaired) electrons. The molecule has 2 aliphatic rings. The summed E-state index contributed by atoms with van der Waals surface area (Å²) < 4.78 is 11.0. The largest absolute Gasteiger partial charge is 0.503 e. The van der Waals surface area contributed by atoms with Crippen molar-refractivity contribution in [2.45, 2.75) is 46.5 Å². The number of nitrogens with zero attached hydrogens (tertiary/aromatic N) is 1. The quantitative estimate of drug-likeness (QED) is 0.662. The molecule has 3 rings (SSSR count). The van der Waals surface area contributed by atoms with Gasteiger partial charge in [0.25, 0.3) is 0 Å². The van der Waals surface area contributed by atoms with Crippen LogP contribution in [-0.2, 0) is 14.3 Å². The highest BCUT2D eigenvalue weighted by molar-refractivity contribution is 9.10. The van der Waals surface area contributed by atoms with Gasteiger partial charge in [0.1, 0.15) is 5.78 Å². The van der Waals surface area contributed by atoms with E-state index in [1.165, 1.54) is 7.11 Å². The van der Waals surface area contributed by atoms with Gasteiger partial charge in [0, 0.05) is 23.7 Å². The molecule has 1 aliphatic heterocycles. The SMILES string of the molecule is CCOc1cc([C@@H]2C(C(=O)OC)=C(C)N=C3CC(C)(C)CC(=O)C32)cc(Br)c1O. The van der Waals surface area contributed by atoms with Gasteiger partial charge in [-0.05, 0) is 59.3 Å². The summed E-state index contributed by atoms with van der Waals surface area (Å²) in [5, 5.41) is 10.3. The number of esters is 1. The Morgan fingerprint density at radius 1 is 1.31 bits per heavy atom. The number of aliphatic imine (C=N–C) groups is 1. The number of Topliss-reactive ketones (excluding diaryl/α,β-unsaturated/α-hetero) is 1. The third-order valence-electron chi connectivity index (χ3n) is 5.48. The summed E-state index contributed by atoms with van der Waals surface area (Å²) in [5.41, 5.74) is 2.24. The van der Waals surface area contributed by atoms with Crippen molar-refractivity contribution in [2.24, 2.45) is 16.3 Å². The molecule has 1 aromatic carbocycles. The first-order valence-corrected chi connectivity index (χ1v) is 10.4. The van der Waals surface area contributed by atoms with Crippen molar-refractivity contribution >= 4 is 33.4 Å². The van der Waals surface area contributed by atoms with Crippen molar-refractivity contribution in [2.75, 3.05) is 13.7 Å². The maximum Gasteiger partial charge on any atom is 0.336 e. The van der Waals surface area contributed by atoms with Crippen LogP contribution in [0.15, 0.2) is 32.9 Å². The zero-order valence-electron chi connectivity index (χ0n) is 17.3. The highest BCUT2D eigenvalue weighted by atomic mass is 79.9. The van der Waals surface area contributed by atoms with E-state index in [0.29, 0.717) is 46.5 Å². The standard InChI is InChI=1S/C22H26BrNO5/c1-6-29-16-8-12(7-13(23)20(16)26)18-17(21(27)28-5)11(2)24-14-9-22(3,4)10-15(25)19(14)18/h7-8,18-19,26H,6,9-10H2,1-5H3/t18-,19?/m1/s1. The fourth-order valence-electron chi connectivity index (χ4n) is 4.37. The Morgan fingerprint density at radius 2 is 2.00 bits per heavy atom. The number of carbonyl (C=O) groups is 2. The number of hydrogen-bond acceptors (Lipinski definition) is 6. The maximum atomic E-state index is 13.2. The van der Waals surface area contributed by atoms with Crippen LogP contribution in [0.2, 0.25) is 0 Å². The van der Waals surface area contributed by atoms with E-state index in [9.17, 15) is 14.7 Å². The van der Waals surface area contributed by atoms with E-state index in [-0.39, 0.29) is 16.9 Å². The summed E-state index contributed by atoms with van der Waals surface area (Å²) in [4.78, 5) is 30.5. The molecule has 0 amide bonds. The molecule has 156 valence electrons. The first kappa shape index (κ1) is 21.6. The lowest BCUT2D eigenvalue weighted by atomic mass is 9.63. The van der Waals surface area contributed by atoms with E-state index < -0.39 is 17.8 Å². The van der Waals surface area contributed by atoms with Crippen LogP contribution < -0.4 is 4.74 Å². The molecule has 0 saturated heterocycles. The van der Waals surface area contributed by atoms with Gasteiger partial charge in [-0.15, -0.1) is 0 Å². The van der Waals surface area contributed by atoms with E-state index in [1.807, 2.05) is 6.92 Å². The van der Waals surface area contributed by atoms with Crippen LogP contribution in [0, 0.1) is 11.3 Å². The number of fused-ring (bicyclic) bond motifs is 1. The summed E-state index contributed by atoms with van der Waals surface area (Å²) in [6, 6.07) is 3.43. The summed E-state index contributed by atoms with van der Waals surface area (Å²) in [7, 11) is 1.32. The Kier molecular flexibility index (Phi) is 5.90. The molecule has 1 aliphatic carbocycles. The van der Waals surface area contributed by atoms with Gasteiger partial charge in [-0.2, -0.15) is 0 Å². The molecule has 6 nitrogen and oxygen atoms in total. The number of rotatable bonds is 4. The van der Waals surface area contributed by atoms with Crippen molar-refractivity contribution in [1.82, 2.24) is 0 Å². The van der Waals surface area contributed by atoms with Crippen molar-refractivity contribution in [3.05, 3.63) is 33.4 Å². The molecule has 1 fully saturated rings. The van der Waals surface area contributed by atoms with Crippen LogP contribution in [0.1, 0.15) is 52.0 Å². The van der Waals surface area contributed by atoms with Crippen LogP contribution in [0.4, 0.5) is 0 Å². The number of aromatic hydroxyl groups is 1. The van der Waals surface area contributed by atoms with E-state index in [1.54, 1.807) is 19.1 Å². The first-order valence-electron chi connectivity index (χ1n) is 9.64. The summed E-state index contributed by atoms with van der Waals surface area (Å²) >= 11 is 3.37. The van der Waals surface area contributed by atoms with Crippen LogP contribution in [0.25, 0.3) is 0 Å². The molecule has 1 N–H and O–H groups in total. The normalized spacial score (nSPS) is 23.4. The van der Waals surface area contributed by atoms with Crippen LogP contribution >= 0.6 is 15.9 Å². The minimum absolute atomic E-state index is 0.0169. The summed E-state index contributed by atoms with van der Waals surface area (Å²) in [6.45, 7) is 8.07. The average molecular weight is 464 g/mol. The molecule has 1 saturated carbocycles. The van der Waals surface area contributed by atoms with Gasteiger partial charge >= 0.3 is 5.97 Å². The average Bonchev–Trinajstić information content (AvgIpc) is 2.62. The predicted octanol–water partition coefficient (Wildman–Crippen LogP) is 4.54. The zero-order valence-corrected chi connectivity index (χ0v) is 18.9. The number of phenols is 1. The number of carbonyl (C=O) groups excluding carboxylic acids is 2. The second-order valence-corrected chi connectivity index (χ2v) is 9.17. The number of allylic oxidation sites excluding steroid dienone is 1. The highest BCUT2D eigenvalue weighted by Gasteiger charge is 2.47. The topological polar surface area (TPSA) is 85.2 Å². The number of benzene rings is 1. The Labute approximate surface area is 179 Å². The van der Waals surface area contributed by atoms with E-state index >= 15 is 0 Å². The number of ketones is 1. The Bertz CT molecular complexity index is 931. The van der Waals surface area contributed by atoms with Gasteiger partial charge in [-0.25, -0.2) is 4.79 Å². The Morgan fingerprint density at radius 3 is 2.62 bits per heavy atom. The summed E-state index contributed by atoms with van der Waals surface area (Å²) in [5.74, 6) is -1.25. The smallest absolute Gasteiger partial charge is 0.336 e. The molecular weight excluding hydrogens is 438 g/mol. The molecule has 1 heterocycles. The third-order valence-corrected chi connectivity index (χ3v) is 6.08. The maximum absolute atomic E-state index is 13.2. The molecular formula is C22H26BrNO5. The van der Waals surface area contributed by atoms with Crippen LogP contribution in [-0.4, -0.2) is 36.3 Å². The van der Waals surface area contributed by atoms with E-state index in [2.05, 4.69) is 34.8 Å². The monoisotopic (exact) mass is 463 g/mol. The van der Waals surface area contributed by atoms with Crippen molar-refractivity contribution in [3.63, 3.8) is 0 Å². The first-order chi connectivity index (χ1) is 13.6. The number of halogens is 1. The van der Waals surface area contributed by atoms with Gasteiger partial charge in [0.05, 0.1) is 29.7 Å². The van der Waals surface area contributed by atoms with Gasteiger partial charge in [0.2, 0.25) is 0 Å². The molecule has 7 heteroatoms. The summed E-state index contributed by atoms with van der Waals surface area (Å²) in [6.07, 6.45) is 1.10. The van der Waals surface area contributed by atoms with Gasteiger partial charge < -0.3 is 14.6 Å². The van der Waals surface area contributed by atoms with E-state index in [4.69, 9.17) is 9.47 Å². The number of methoxy groups -OCH3 is 1. The van der Waals surface area contributed by atoms with E-state index in [0.717, 1.165) is 5.71 Å². The van der Waals surface area contributed by atoms with Gasteiger partial charge in [-0.1, -0.05) is 13.8 Å². The zero-order chi connectivity index (χ0) is 21.5. The lowest BCUT2D eigenvalue weighted by Gasteiger charge is -2.41. The molecule has 1 aromatic rings. The van der Waals surface area contributed by atoms with Crippen molar-refractivity contribution in [1.29, 1.82) is 0 Å². The fraction of sp³-hybridized carbons (Fsp3) is 0.500. The highest BCUT2D eigenvalue weighted by Crippen LogP contribution is 2.49. The lowest BCUT2D eigenvalue weighted by Crippen LogP contribution is -2.44. The second-order valence-electron chi connectivity index (χ2n) is 8.32. The fourth-order valence-corrected chi connectivity index (χ4v) is 4.83. The minimum Gasteiger partial charge on any atom is -0.503 e. The molecule has 1 unspecified atom stereocenters. The van der Waals surface area contributed by atoms with Crippen molar-refractivity contribution < 1.29 is 24.2 Å². The third kappa shape index (κ3) is 3.97. The van der Waals surface area contributed by atoms with Gasteiger partial charge in [0.15, 0.2) is 11.5 Å². The van der Waals surface area contributed by atoms with Crippen LogP contribution in [0.3, 0.4) is 0 Å². The molecule has 0 spiro atoms. The second kappa shape index (κ2) is 7.94. The predicted molar refractivity (Wildman–Crippen MR) is 113 cm³/mol. The molecule has 2 atom stereocenters. The molecule has 0 bridgehead atoms. The van der Waals surface area contributed by atoms with Crippen molar-refractivity contribution in [3.8, 4) is 11.5 Å². The van der Waals surface area contributed by atoms with Crippen LogP contribution in [0.5, 0.6) is 11.5 Å². The van der Waals surface area contributed by atoms with Gasteiger partial charge in [-0.3, -0.25) is 9.79 Å². The molecule has 29 heavy (non-hydrogen) atoms. The number of phenolic OH excluding ortho intramolecular Hbond substituents is 1. The lowest BCUT2D eigenvalue weighted by molar-refractivity contribution is -0.136. The number of hydrogen-bond donors (Lipinski definition) is 1.